The van der Waals surface area contributed by atoms with E-state index in [9.17, 15) is 4.79 Å². The number of amides is 1. The van der Waals surface area contributed by atoms with E-state index < -0.39 is 0 Å². The summed E-state index contributed by atoms with van der Waals surface area (Å²) in [7, 11) is 0. The lowest BCUT2D eigenvalue weighted by molar-refractivity contribution is -0.133. The Balaban J connectivity index is 1.53. The third kappa shape index (κ3) is 3.21. The van der Waals surface area contributed by atoms with E-state index in [0.717, 1.165) is 37.2 Å². The van der Waals surface area contributed by atoms with Crippen molar-refractivity contribution in [3.63, 3.8) is 0 Å². The van der Waals surface area contributed by atoms with Crippen molar-refractivity contribution in [3.8, 4) is 5.75 Å². The summed E-state index contributed by atoms with van der Waals surface area (Å²) < 4.78 is 17.5. The fourth-order valence-corrected chi connectivity index (χ4v) is 4.07. The van der Waals surface area contributed by atoms with Crippen molar-refractivity contribution in [3.05, 3.63) is 48.2 Å². The molecule has 0 N–H and O–H groups in total. The SMILES string of the molecule is Cc1ccoc1C(=O)N1CC[C@@H]2OCCC[C@]2(COc2cccnc2)C1. The predicted molar refractivity (Wildman–Crippen MR) is 95.1 cm³/mol. The van der Waals surface area contributed by atoms with Crippen LogP contribution in [0, 0.1) is 12.3 Å². The van der Waals surface area contributed by atoms with Gasteiger partial charge < -0.3 is 18.8 Å². The van der Waals surface area contributed by atoms with Crippen molar-refractivity contribution < 1.29 is 18.7 Å². The zero-order valence-corrected chi connectivity index (χ0v) is 15.0. The Hall–Kier alpha value is -2.34. The van der Waals surface area contributed by atoms with E-state index in [4.69, 9.17) is 13.9 Å². The molecule has 0 radical (unpaired) electrons. The molecule has 0 aliphatic carbocycles. The Morgan fingerprint density at radius 1 is 1.46 bits per heavy atom. The van der Waals surface area contributed by atoms with E-state index in [1.807, 2.05) is 30.0 Å². The summed E-state index contributed by atoms with van der Waals surface area (Å²) in [6, 6.07) is 5.59. The molecule has 0 saturated carbocycles. The van der Waals surface area contributed by atoms with E-state index in [1.165, 1.54) is 0 Å². The zero-order valence-electron chi connectivity index (χ0n) is 15.0. The lowest BCUT2D eigenvalue weighted by Gasteiger charge is -2.50. The zero-order chi connectivity index (χ0) is 18.0. The normalized spacial score (nSPS) is 25.6. The molecule has 2 saturated heterocycles. The molecule has 0 spiro atoms. The summed E-state index contributed by atoms with van der Waals surface area (Å²) in [5.41, 5.74) is 0.681. The Labute approximate surface area is 153 Å². The first-order valence-electron chi connectivity index (χ1n) is 9.16. The molecule has 6 heteroatoms. The Morgan fingerprint density at radius 2 is 2.38 bits per heavy atom. The monoisotopic (exact) mass is 356 g/mol. The average molecular weight is 356 g/mol. The molecular weight excluding hydrogens is 332 g/mol. The highest BCUT2D eigenvalue weighted by molar-refractivity contribution is 5.93. The standard InChI is InChI=1S/C20H24N2O4/c1-15-6-11-25-18(15)19(23)22-9-5-17-20(13-22,7-3-10-24-17)14-26-16-4-2-8-21-12-16/h2,4,6,8,11-12,17H,3,5,7,9-10,13-14H2,1H3/t17-,20+/m0/s1. The van der Waals surface area contributed by atoms with Gasteiger partial charge in [0.1, 0.15) is 5.75 Å². The van der Waals surface area contributed by atoms with Crippen LogP contribution in [0.3, 0.4) is 0 Å². The van der Waals surface area contributed by atoms with Gasteiger partial charge >= 0.3 is 0 Å². The highest BCUT2D eigenvalue weighted by Gasteiger charge is 2.48. The fourth-order valence-electron chi connectivity index (χ4n) is 4.07. The molecule has 1 amide bonds. The Morgan fingerprint density at radius 3 is 3.15 bits per heavy atom. The molecule has 0 aromatic carbocycles. The molecule has 0 unspecified atom stereocenters. The van der Waals surface area contributed by atoms with E-state index >= 15 is 0 Å². The smallest absolute Gasteiger partial charge is 0.289 e. The highest BCUT2D eigenvalue weighted by atomic mass is 16.5. The van der Waals surface area contributed by atoms with E-state index in [0.29, 0.717) is 25.5 Å². The number of fused-ring (bicyclic) bond motifs is 1. The molecule has 2 aliphatic rings. The maximum absolute atomic E-state index is 12.9. The molecule has 0 bridgehead atoms. The van der Waals surface area contributed by atoms with E-state index in [-0.39, 0.29) is 17.4 Å². The van der Waals surface area contributed by atoms with Crippen LogP contribution in [0.25, 0.3) is 0 Å². The van der Waals surface area contributed by atoms with Gasteiger partial charge in [0.25, 0.3) is 5.91 Å². The molecule has 138 valence electrons. The number of aryl methyl sites for hydroxylation is 1. The number of nitrogens with zero attached hydrogens (tertiary/aromatic N) is 2. The number of piperidine rings is 1. The van der Waals surface area contributed by atoms with Gasteiger partial charge in [-0.15, -0.1) is 0 Å². The molecule has 2 aromatic heterocycles. The molecule has 26 heavy (non-hydrogen) atoms. The second-order valence-corrected chi connectivity index (χ2v) is 7.25. The average Bonchev–Trinajstić information content (AvgIpc) is 3.12. The molecule has 2 atom stereocenters. The minimum Gasteiger partial charge on any atom is -0.491 e. The molecular formula is C20H24N2O4. The molecule has 2 aromatic rings. The number of hydrogen-bond donors (Lipinski definition) is 0. The van der Waals surface area contributed by atoms with Crippen molar-refractivity contribution in [2.75, 3.05) is 26.3 Å². The second-order valence-electron chi connectivity index (χ2n) is 7.25. The van der Waals surface area contributed by atoms with Gasteiger partial charge in [-0.1, -0.05) is 0 Å². The lowest BCUT2D eigenvalue weighted by Crippen LogP contribution is -2.58. The minimum absolute atomic E-state index is 0.0442. The van der Waals surface area contributed by atoms with Gasteiger partial charge in [0.2, 0.25) is 0 Å². The van der Waals surface area contributed by atoms with Gasteiger partial charge in [0, 0.05) is 36.9 Å². The van der Waals surface area contributed by atoms with Crippen molar-refractivity contribution in [1.82, 2.24) is 9.88 Å². The third-order valence-corrected chi connectivity index (χ3v) is 5.49. The number of ether oxygens (including phenoxy) is 2. The Kier molecular flexibility index (Phi) is 4.68. The number of aromatic nitrogens is 1. The van der Waals surface area contributed by atoms with Crippen LogP contribution in [-0.4, -0.2) is 48.2 Å². The van der Waals surface area contributed by atoms with Crippen LogP contribution in [0.5, 0.6) is 5.75 Å². The number of carbonyl (C=O) groups is 1. The number of pyridine rings is 1. The maximum Gasteiger partial charge on any atom is 0.289 e. The van der Waals surface area contributed by atoms with Crippen molar-refractivity contribution >= 4 is 5.91 Å². The van der Waals surface area contributed by atoms with Crippen LogP contribution in [0.2, 0.25) is 0 Å². The van der Waals surface area contributed by atoms with Crippen molar-refractivity contribution in [2.45, 2.75) is 32.3 Å². The Bertz CT molecular complexity index is 760. The minimum atomic E-state index is -0.192. The maximum atomic E-state index is 12.9. The van der Waals surface area contributed by atoms with Gasteiger partial charge in [0.05, 0.1) is 25.2 Å². The van der Waals surface area contributed by atoms with E-state index in [2.05, 4.69) is 4.98 Å². The summed E-state index contributed by atoms with van der Waals surface area (Å²) in [6.45, 7) is 4.50. The predicted octanol–water partition coefficient (Wildman–Crippen LogP) is 3.07. The summed E-state index contributed by atoms with van der Waals surface area (Å²) >= 11 is 0. The summed E-state index contributed by atoms with van der Waals surface area (Å²) in [4.78, 5) is 18.9. The number of rotatable bonds is 4. The molecule has 2 aliphatic heterocycles. The van der Waals surface area contributed by atoms with Gasteiger partial charge in [-0.3, -0.25) is 9.78 Å². The van der Waals surface area contributed by atoms with Gasteiger partial charge in [0.15, 0.2) is 5.76 Å². The number of carbonyl (C=O) groups excluding carboxylic acids is 1. The number of likely N-dealkylation sites (tertiary alicyclic amines) is 1. The van der Waals surface area contributed by atoms with Gasteiger partial charge in [-0.2, -0.15) is 0 Å². The molecule has 6 nitrogen and oxygen atoms in total. The summed E-state index contributed by atoms with van der Waals surface area (Å²) in [5.74, 6) is 1.14. The fraction of sp³-hybridized carbons (Fsp3) is 0.500. The highest BCUT2D eigenvalue weighted by Crippen LogP contribution is 2.41. The van der Waals surface area contributed by atoms with Crippen LogP contribution in [-0.2, 0) is 4.74 Å². The quantitative estimate of drug-likeness (QED) is 0.842. The lowest BCUT2D eigenvalue weighted by atomic mass is 9.73. The van der Waals surface area contributed by atoms with Crippen LogP contribution in [0.1, 0.15) is 35.4 Å². The van der Waals surface area contributed by atoms with Crippen LogP contribution in [0.15, 0.2) is 41.3 Å². The first-order chi connectivity index (χ1) is 12.7. The van der Waals surface area contributed by atoms with Crippen LogP contribution >= 0.6 is 0 Å². The topological polar surface area (TPSA) is 64.8 Å². The largest absolute Gasteiger partial charge is 0.491 e. The first-order valence-corrected chi connectivity index (χ1v) is 9.16. The van der Waals surface area contributed by atoms with Crippen LogP contribution in [0.4, 0.5) is 0 Å². The second kappa shape index (κ2) is 7.11. The molecule has 4 rings (SSSR count). The van der Waals surface area contributed by atoms with Crippen molar-refractivity contribution in [2.24, 2.45) is 5.41 Å². The van der Waals surface area contributed by atoms with E-state index in [1.54, 1.807) is 18.7 Å². The van der Waals surface area contributed by atoms with Crippen LogP contribution < -0.4 is 4.74 Å². The summed E-state index contributed by atoms with van der Waals surface area (Å²) in [5, 5.41) is 0. The third-order valence-electron chi connectivity index (χ3n) is 5.49. The first kappa shape index (κ1) is 17.1. The van der Waals surface area contributed by atoms with Gasteiger partial charge in [-0.05, 0) is 44.4 Å². The number of hydrogen-bond acceptors (Lipinski definition) is 5. The molecule has 2 fully saturated rings. The molecule has 4 heterocycles. The van der Waals surface area contributed by atoms with Crippen molar-refractivity contribution in [1.29, 1.82) is 0 Å². The summed E-state index contributed by atoms with van der Waals surface area (Å²) in [6.07, 6.45) is 7.92. The number of furan rings is 1. The van der Waals surface area contributed by atoms with Gasteiger partial charge in [-0.25, -0.2) is 0 Å².